The van der Waals surface area contributed by atoms with Crippen LogP contribution < -0.4 is 24.8 Å². The van der Waals surface area contributed by atoms with Gasteiger partial charge in [0.2, 0.25) is 15.3 Å². The van der Waals surface area contributed by atoms with Gasteiger partial charge in [-0.15, -0.1) is 0 Å². The summed E-state index contributed by atoms with van der Waals surface area (Å²) in [6.07, 6.45) is 11.4. The number of carbonyl (C=O) groups excluding carboxylic acids is 2. The van der Waals surface area contributed by atoms with Crippen LogP contribution in [0.5, 0.6) is 11.5 Å². The minimum absolute atomic E-state index is 0.0102. The first-order valence-corrected chi connectivity index (χ1v) is 27.2. The van der Waals surface area contributed by atoms with Gasteiger partial charge in [0.15, 0.2) is 11.5 Å². The lowest BCUT2D eigenvalue weighted by molar-refractivity contribution is -0.385. The Balaban J connectivity index is 0.000000282. The van der Waals surface area contributed by atoms with Gasteiger partial charge in [0, 0.05) is 72.8 Å². The molecule has 402 valence electrons. The van der Waals surface area contributed by atoms with Gasteiger partial charge in [-0.2, -0.15) is 0 Å². The van der Waals surface area contributed by atoms with Crippen molar-refractivity contribution in [1.82, 2.24) is 34.5 Å². The molecule has 20 nitrogen and oxygen atoms in total. The van der Waals surface area contributed by atoms with Crippen molar-refractivity contribution in [2.45, 2.75) is 12.8 Å². The van der Waals surface area contributed by atoms with E-state index in [1.54, 1.807) is 24.3 Å². The minimum Gasteiger partial charge on any atom is -0.492 e. The molecule has 0 aliphatic carbocycles. The smallest absolute Gasteiger partial charge is 0.311 e. The van der Waals surface area contributed by atoms with Crippen molar-refractivity contribution in [1.29, 1.82) is 0 Å². The van der Waals surface area contributed by atoms with Gasteiger partial charge in [-0.25, -0.2) is 50.3 Å². The molecule has 0 aliphatic heterocycles. The van der Waals surface area contributed by atoms with Crippen LogP contribution in [0, 0.1) is 21.7 Å². The van der Waals surface area contributed by atoms with Crippen molar-refractivity contribution in [3.05, 3.63) is 135 Å². The summed E-state index contributed by atoms with van der Waals surface area (Å²) in [5.41, 5.74) is 2.12. The van der Waals surface area contributed by atoms with Crippen LogP contribution in [0.3, 0.4) is 0 Å². The molecule has 0 saturated heterocycles. The van der Waals surface area contributed by atoms with Crippen LogP contribution in [0.25, 0.3) is 21.8 Å². The van der Waals surface area contributed by atoms with E-state index in [2.05, 4.69) is 35.3 Å². The second kappa shape index (κ2) is 29.0. The number of sulfone groups is 1. The third-order valence-corrected chi connectivity index (χ3v) is 12.1. The highest BCUT2D eigenvalue weighted by Crippen LogP contribution is 2.36. The summed E-state index contributed by atoms with van der Waals surface area (Å²) in [6.45, 7) is 1.48. The molecule has 0 saturated carbocycles. The number of anilines is 4. The predicted octanol–water partition coefficient (Wildman–Crippen LogP) is 8.08. The SMILES string of the molecule is CN(C)C/C=C/C(=O)Cc1cc2c(Nc3ccc(F)c(Cl)c3)ncnc2cc1OCCNS(C)(=O)=O.CN(C)C/C=C/C(=O)Cl.CS(=O)(=O)CCCOc1cc2ncnc(Nc3ccc(F)c(Cl)c3)c2cc1[N+](=O)[O-]. The Labute approximate surface area is 447 Å². The quantitative estimate of drug-likeness (QED) is 0.0180. The molecule has 0 unspecified atom stereocenters. The number of nitro benzene ring substituents is 1. The van der Waals surface area contributed by atoms with E-state index in [0.717, 1.165) is 19.1 Å². The number of hydrogen-bond acceptors (Lipinski definition) is 18. The number of halogens is 5. The highest BCUT2D eigenvalue weighted by atomic mass is 35.5. The topological polar surface area (TPSA) is 258 Å². The van der Waals surface area contributed by atoms with Gasteiger partial charge in [-0.3, -0.25) is 19.7 Å². The Kier molecular flexibility index (Phi) is 23.6. The summed E-state index contributed by atoms with van der Waals surface area (Å²) in [4.78, 5) is 54.3. The predicted molar refractivity (Wildman–Crippen MR) is 288 cm³/mol. The standard InChI is InChI=1S/C24H27ClFN5O4S.C18H16ClFN4O5S.C6H10ClNO/c1-31(2)9-4-5-18(32)11-16-12-19-22(14-23(16)35-10-8-29-36(3,33)34)27-15-28-24(19)30-17-6-7-21(26)20(25)13-17;1-30(27,28)6-2-5-29-17-9-15-12(8-16(17)24(25)26)18(22-10-21-15)23-11-3-4-14(20)13(19)7-11;1-8(2)5-3-4-6(7)9/h4-7,12-15,29H,8-11H2,1-3H3,(H,27,28,30);3-4,7-10H,2,5-6H2,1H3,(H,21,22,23);3-4H,5H2,1-2H3/b5-4+;;4-3+. The molecule has 0 amide bonds. The van der Waals surface area contributed by atoms with Gasteiger partial charge < -0.3 is 29.9 Å². The maximum absolute atomic E-state index is 13.6. The van der Waals surface area contributed by atoms with E-state index in [9.17, 15) is 45.3 Å². The first-order valence-electron chi connectivity index (χ1n) is 22.2. The zero-order chi connectivity index (χ0) is 55.5. The highest BCUT2D eigenvalue weighted by Gasteiger charge is 2.20. The fourth-order valence-corrected chi connectivity index (χ4v) is 7.79. The Hall–Kier alpha value is -6.51. The summed E-state index contributed by atoms with van der Waals surface area (Å²) in [5, 5.41) is 18.0. The van der Waals surface area contributed by atoms with Gasteiger partial charge in [0.25, 0.3) is 0 Å². The highest BCUT2D eigenvalue weighted by molar-refractivity contribution is 7.90. The lowest BCUT2D eigenvalue weighted by Crippen LogP contribution is -2.27. The van der Waals surface area contributed by atoms with Crippen LogP contribution in [0.15, 0.2) is 97.6 Å². The van der Waals surface area contributed by atoms with Crippen LogP contribution in [0.1, 0.15) is 12.0 Å². The lowest BCUT2D eigenvalue weighted by atomic mass is 10.0. The van der Waals surface area contributed by atoms with E-state index in [4.69, 9.17) is 44.3 Å². The number of nitro groups is 1. The van der Waals surface area contributed by atoms with E-state index in [1.165, 1.54) is 73.3 Å². The molecule has 4 aromatic carbocycles. The molecule has 75 heavy (non-hydrogen) atoms. The van der Waals surface area contributed by atoms with E-state index >= 15 is 0 Å². The Morgan fingerprint density at radius 3 is 1.72 bits per heavy atom. The largest absolute Gasteiger partial charge is 0.492 e. The number of fused-ring (bicyclic) bond motifs is 2. The molecule has 0 spiro atoms. The number of likely N-dealkylation sites (N-methyl/N-ethyl adjacent to an activating group) is 2. The van der Waals surface area contributed by atoms with Crippen molar-refractivity contribution in [3.8, 4) is 11.5 Å². The maximum atomic E-state index is 13.6. The third-order valence-electron chi connectivity index (χ3n) is 9.59. The molecule has 0 atom stereocenters. The number of nitrogens with one attached hydrogen (secondary N) is 3. The van der Waals surface area contributed by atoms with Gasteiger partial charge >= 0.3 is 5.69 Å². The molecule has 3 N–H and O–H groups in total. The first-order chi connectivity index (χ1) is 35.3. The molecule has 2 aromatic heterocycles. The number of allylic oxidation sites excluding steroid dienone is 2. The molecular formula is C48H53Cl3F2N10O10S2. The summed E-state index contributed by atoms with van der Waals surface area (Å²) in [7, 11) is 1.12. The molecule has 27 heteroatoms. The number of carbonyl (C=O) groups is 2. The van der Waals surface area contributed by atoms with Gasteiger partial charge in [-0.1, -0.05) is 35.4 Å². The van der Waals surface area contributed by atoms with Crippen molar-refractivity contribution in [2.24, 2.45) is 0 Å². The average Bonchev–Trinajstić information content (AvgIpc) is 3.31. The molecule has 6 rings (SSSR count). The summed E-state index contributed by atoms with van der Waals surface area (Å²) in [5.74, 6) is -0.276. The van der Waals surface area contributed by atoms with E-state index < -0.39 is 41.7 Å². The second-order valence-electron chi connectivity index (χ2n) is 16.6. The molecule has 6 aromatic rings. The number of ether oxygens (including phenoxy) is 2. The summed E-state index contributed by atoms with van der Waals surface area (Å²) in [6, 6.07) is 14.3. The summed E-state index contributed by atoms with van der Waals surface area (Å²) < 4.78 is 85.6. The van der Waals surface area contributed by atoms with Crippen LogP contribution in [-0.2, 0) is 35.9 Å². The van der Waals surface area contributed by atoms with Gasteiger partial charge in [-0.05, 0) is 101 Å². The second-order valence-corrected chi connectivity index (χ2v) is 21.9. The molecular weight excluding hydrogens is 1090 g/mol. The average molecular weight is 1140 g/mol. The third kappa shape index (κ3) is 21.7. The molecule has 2 heterocycles. The number of nitrogens with zero attached hydrogens (tertiary/aromatic N) is 7. The van der Waals surface area contributed by atoms with Gasteiger partial charge in [0.05, 0.1) is 50.0 Å². The zero-order valence-electron chi connectivity index (χ0n) is 41.3. The normalized spacial score (nSPS) is 11.6. The molecule has 0 bridgehead atoms. The zero-order valence-corrected chi connectivity index (χ0v) is 45.2. The van der Waals surface area contributed by atoms with E-state index in [0.29, 0.717) is 56.9 Å². The Morgan fingerprint density at radius 2 is 1.24 bits per heavy atom. The van der Waals surface area contributed by atoms with Crippen LogP contribution in [-0.4, -0.2) is 142 Å². The molecule has 0 aliphatic rings. The number of rotatable bonds is 23. The maximum Gasteiger partial charge on any atom is 0.311 e. The number of benzene rings is 4. The van der Waals surface area contributed by atoms with E-state index in [-0.39, 0.29) is 71.4 Å². The van der Waals surface area contributed by atoms with Crippen LogP contribution in [0.2, 0.25) is 10.0 Å². The minimum atomic E-state index is -3.36. The number of ketones is 1. The Bertz CT molecular complexity index is 3290. The van der Waals surface area contributed by atoms with E-state index in [1.807, 2.05) is 38.0 Å². The molecule has 0 fully saturated rings. The van der Waals surface area contributed by atoms with Crippen LogP contribution >= 0.6 is 34.8 Å². The van der Waals surface area contributed by atoms with Crippen molar-refractivity contribution < 1.29 is 49.6 Å². The van der Waals surface area contributed by atoms with Crippen LogP contribution in [0.4, 0.5) is 37.5 Å². The fourth-order valence-electron chi connectivity index (χ4n) is 6.24. The van der Waals surface area contributed by atoms with Gasteiger partial charge in [0.1, 0.15) is 58.1 Å². The number of sulfonamides is 1. The van der Waals surface area contributed by atoms with Crippen molar-refractivity contribution in [2.75, 3.05) is 89.9 Å². The number of hydrogen-bond donors (Lipinski definition) is 3. The molecule has 0 radical (unpaired) electrons. The Morgan fingerprint density at radius 1 is 0.733 bits per heavy atom. The lowest BCUT2D eigenvalue weighted by Gasteiger charge is -2.14. The van der Waals surface area contributed by atoms with Crippen molar-refractivity contribution in [3.63, 3.8) is 0 Å². The summed E-state index contributed by atoms with van der Waals surface area (Å²) >= 11 is 16.7. The fraction of sp³-hybridized carbons (Fsp3) is 0.292. The number of aromatic nitrogens is 4. The first kappa shape index (κ1) is 61.0. The monoisotopic (exact) mass is 1140 g/mol. The van der Waals surface area contributed by atoms with Crippen molar-refractivity contribution >= 4 is 116 Å².